The van der Waals surface area contributed by atoms with Crippen molar-refractivity contribution in [3.63, 3.8) is 0 Å². The number of aromatic nitrogens is 3. The van der Waals surface area contributed by atoms with Gasteiger partial charge in [0.25, 0.3) is 5.91 Å². The minimum atomic E-state index is -0.594. The maximum absolute atomic E-state index is 13.0. The van der Waals surface area contributed by atoms with Crippen LogP contribution < -0.4 is 10.6 Å². The molecular formula is C23H22N6O2. The second-order valence-electron chi connectivity index (χ2n) is 7.81. The van der Waals surface area contributed by atoms with Crippen molar-refractivity contribution in [2.75, 3.05) is 5.32 Å². The Morgan fingerprint density at radius 2 is 1.90 bits per heavy atom. The molecule has 5 rings (SSSR count). The zero-order chi connectivity index (χ0) is 21.4. The largest absolute Gasteiger partial charge is 0.347 e. The molecule has 1 aliphatic heterocycles. The summed E-state index contributed by atoms with van der Waals surface area (Å²) in [5.74, 6) is 0.489. The number of rotatable bonds is 5. The molecule has 0 spiro atoms. The molecule has 0 fully saturated rings. The molecule has 8 nitrogen and oxygen atoms in total. The average Bonchev–Trinajstić information content (AvgIpc) is 3.35. The highest BCUT2D eigenvalue weighted by atomic mass is 16.2. The highest BCUT2D eigenvalue weighted by molar-refractivity contribution is 5.99. The lowest BCUT2D eigenvalue weighted by Gasteiger charge is -2.25. The van der Waals surface area contributed by atoms with E-state index in [1.54, 1.807) is 36.4 Å². The van der Waals surface area contributed by atoms with Gasteiger partial charge in [-0.15, -0.1) is 0 Å². The normalized spacial score (nSPS) is 17.8. The van der Waals surface area contributed by atoms with Crippen LogP contribution in [0.15, 0.2) is 54.9 Å². The van der Waals surface area contributed by atoms with Crippen molar-refractivity contribution in [1.29, 1.82) is 0 Å². The van der Waals surface area contributed by atoms with Gasteiger partial charge in [0.05, 0.1) is 6.04 Å². The fourth-order valence-electron chi connectivity index (χ4n) is 4.19. The molecule has 0 bridgehead atoms. The van der Waals surface area contributed by atoms with Crippen LogP contribution in [-0.4, -0.2) is 37.7 Å². The van der Waals surface area contributed by atoms with E-state index in [1.165, 1.54) is 11.1 Å². The molecule has 156 valence electrons. The number of amides is 2. The predicted octanol–water partition coefficient (Wildman–Crippen LogP) is 2.76. The Morgan fingerprint density at radius 1 is 1.10 bits per heavy atom. The number of pyridine rings is 1. The number of nitrogens with one attached hydrogen (secondary N) is 2. The number of benzene rings is 1. The van der Waals surface area contributed by atoms with Crippen LogP contribution in [0.4, 0.5) is 11.8 Å². The standard InChI is InChI=1S/C23H22N6O2/c1-14(21(30)26-18-9-7-15-5-2-3-6-17(15)18)29-13-16-8-10-19(27-20(16)22(29)31)28-23-24-11-4-12-25-23/h2-6,8,10-12,14,18H,7,9,13H2,1H3,(H,26,30)(H,24,25,27,28)/t14-,18+/m1/s1. The van der Waals surface area contributed by atoms with Gasteiger partial charge in [-0.1, -0.05) is 30.3 Å². The smallest absolute Gasteiger partial charge is 0.273 e. The van der Waals surface area contributed by atoms with E-state index in [1.807, 2.05) is 18.2 Å². The minimum absolute atomic E-state index is 0.00831. The SMILES string of the molecule is C[C@H](C(=O)N[C@H]1CCc2ccccc21)N1Cc2ccc(Nc3ncccn3)nc2C1=O. The highest BCUT2D eigenvalue weighted by Gasteiger charge is 2.36. The van der Waals surface area contributed by atoms with Crippen molar-refractivity contribution in [2.45, 2.75) is 38.4 Å². The first kappa shape index (κ1) is 19.2. The molecule has 2 N–H and O–H groups in total. The summed E-state index contributed by atoms with van der Waals surface area (Å²) in [7, 11) is 0. The first-order valence-corrected chi connectivity index (χ1v) is 10.3. The third-order valence-corrected chi connectivity index (χ3v) is 5.88. The Hall–Kier alpha value is -3.81. The Kier molecular flexibility index (Phi) is 4.82. The molecule has 2 aromatic heterocycles. The summed E-state index contributed by atoms with van der Waals surface area (Å²) >= 11 is 0. The number of hydrogen-bond acceptors (Lipinski definition) is 6. The first-order chi connectivity index (χ1) is 15.1. The molecular weight excluding hydrogens is 392 g/mol. The maximum Gasteiger partial charge on any atom is 0.273 e. The maximum atomic E-state index is 13.0. The molecule has 3 aromatic rings. The monoisotopic (exact) mass is 414 g/mol. The van der Waals surface area contributed by atoms with Gasteiger partial charge < -0.3 is 15.5 Å². The molecule has 1 aromatic carbocycles. The quantitative estimate of drug-likeness (QED) is 0.666. The van der Waals surface area contributed by atoms with Crippen molar-refractivity contribution >= 4 is 23.6 Å². The van der Waals surface area contributed by atoms with Gasteiger partial charge in [0, 0.05) is 24.5 Å². The van der Waals surface area contributed by atoms with E-state index in [0.29, 0.717) is 24.0 Å². The Bertz CT molecular complexity index is 1150. The highest BCUT2D eigenvalue weighted by Crippen LogP contribution is 2.31. The van der Waals surface area contributed by atoms with Gasteiger partial charge in [-0.25, -0.2) is 15.0 Å². The van der Waals surface area contributed by atoms with Crippen LogP contribution in [0.3, 0.4) is 0 Å². The topological polar surface area (TPSA) is 100 Å². The minimum Gasteiger partial charge on any atom is -0.347 e. The average molecular weight is 414 g/mol. The predicted molar refractivity (Wildman–Crippen MR) is 115 cm³/mol. The Labute approximate surface area is 179 Å². The van der Waals surface area contributed by atoms with E-state index in [-0.39, 0.29) is 17.9 Å². The molecule has 0 radical (unpaired) electrons. The summed E-state index contributed by atoms with van der Waals surface area (Å²) < 4.78 is 0. The molecule has 8 heteroatoms. The number of anilines is 2. The zero-order valence-electron chi connectivity index (χ0n) is 17.1. The van der Waals surface area contributed by atoms with Crippen LogP contribution >= 0.6 is 0 Å². The van der Waals surface area contributed by atoms with Gasteiger partial charge in [0.15, 0.2) is 0 Å². The fourth-order valence-corrected chi connectivity index (χ4v) is 4.19. The second kappa shape index (κ2) is 7.79. The van der Waals surface area contributed by atoms with Gasteiger partial charge in [0.1, 0.15) is 17.6 Å². The fraction of sp³-hybridized carbons (Fsp3) is 0.261. The summed E-state index contributed by atoms with van der Waals surface area (Å²) in [6.45, 7) is 2.12. The molecule has 2 amide bonds. The van der Waals surface area contributed by atoms with Crippen LogP contribution in [0.25, 0.3) is 0 Å². The van der Waals surface area contributed by atoms with Crippen molar-refractivity contribution < 1.29 is 9.59 Å². The molecule has 2 aliphatic rings. The number of aryl methyl sites for hydroxylation is 1. The lowest BCUT2D eigenvalue weighted by Crippen LogP contribution is -2.46. The van der Waals surface area contributed by atoms with Gasteiger partial charge in [-0.05, 0) is 43.0 Å². The molecule has 1 aliphatic carbocycles. The summed E-state index contributed by atoms with van der Waals surface area (Å²) in [5.41, 5.74) is 3.60. The van der Waals surface area contributed by atoms with Crippen molar-refractivity contribution in [2.24, 2.45) is 0 Å². The van der Waals surface area contributed by atoms with E-state index < -0.39 is 6.04 Å². The second-order valence-corrected chi connectivity index (χ2v) is 7.81. The molecule has 0 saturated heterocycles. The van der Waals surface area contributed by atoms with Crippen LogP contribution in [-0.2, 0) is 17.8 Å². The van der Waals surface area contributed by atoms with Crippen molar-refractivity contribution in [3.05, 3.63) is 77.2 Å². The van der Waals surface area contributed by atoms with Crippen LogP contribution in [0.1, 0.15) is 46.6 Å². The third-order valence-electron chi connectivity index (χ3n) is 5.88. The number of carbonyl (C=O) groups excluding carboxylic acids is 2. The summed E-state index contributed by atoms with van der Waals surface area (Å²) in [5, 5.41) is 6.12. The Morgan fingerprint density at radius 3 is 2.74 bits per heavy atom. The molecule has 0 unspecified atom stereocenters. The van der Waals surface area contributed by atoms with Gasteiger partial charge in [-0.3, -0.25) is 9.59 Å². The summed E-state index contributed by atoms with van der Waals surface area (Å²) in [4.78, 5) is 40.2. The summed E-state index contributed by atoms with van der Waals surface area (Å²) in [6, 6.07) is 12.9. The lowest BCUT2D eigenvalue weighted by atomic mass is 10.1. The molecule has 31 heavy (non-hydrogen) atoms. The van der Waals surface area contributed by atoms with Crippen molar-refractivity contribution in [1.82, 2.24) is 25.2 Å². The zero-order valence-corrected chi connectivity index (χ0v) is 17.1. The van der Waals surface area contributed by atoms with E-state index in [4.69, 9.17) is 0 Å². The van der Waals surface area contributed by atoms with E-state index in [2.05, 4.69) is 37.7 Å². The molecule has 0 saturated carbocycles. The summed E-state index contributed by atoms with van der Waals surface area (Å²) in [6.07, 6.45) is 5.08. The van der Waals surface area contributed by atoms with Crippen molar-refractivity contribution in [3.8, 4) is 0 Å². The van der Waals surface area contributed by atoms with Gasteiger partial charge >= 0.3 is 0 Å². The van der Waals surface area contributed by atoms with Crippen LogP contribution in [0.2, 0.25) is 0 Å². The van der Waals surface area contributed by atoms with E-state index in [9.17, 15) is 9.59 Å². The number of nitrogens with zero attached hydrogens (tertiary/aromatic N) is 4. The Balaban J connectivity index is 1.28. The number of carbonyl (C=O) groups is 2. The van der Waals surface area contributed by atoms with Gasteiger partial charge in [0.2, 0.25) is 11.9 Å². The number of hydrogen-bond donors (Lipinski definition) is 2. The third kappa shape index (κ3) is 3.61. The first-order valence-electron chi connectivity index (χ1n) is 10.3. The molecule has 2 atom stereocenters. The molecule has 3 heterocycles. The van der Waals surface area contributed by atoms with Crippen LogP contribution in [0, 0.1) is 0 Å². The van der Waals surface area contributed by atoms with E-state index in [0.717, 1.165) is 18.4 Å². The lowest BCUT2D eigenvalue weighted by molar-refractivity contribution is -0.126. The number of fused-ring (bicyclic) bond motifs is 2. The van der Waals surface area contributed by atoms with E-state index >= 15 is 0 Å². The van der Waals surface area contributed by atoms with Gasteiger partial charge in [-0.2, -0.15) is 0 Å². The van der Waals surface area contributed by atoms with Crippen LogP contribution in [0.5, 0.6) is 0 Å².